The minimum Gasteiger partial charge on any atom is -0.340 e. The van der Waals surface area contributed by atoms with Crippen LogP contribution in [0.15, 0.2) is 18.2 Å². The molecule has 0 spiro atoms. The Balaban J connectivity index is 3.16. The molecule has 1 aromatic carbocycles. The normalized spacial score (nSPS) is 12.0. The summed E-state index contributed by atoms with van der Waals surface area (Å²) in [6, 6.07) is 4.57. The first-order valence-corrected chi connectivity index (χ1v) is 5.91. The van der Waals surface area contributed by atoms with Crippen LogP contribution < -0.4 is 0 Å². The second kappa shape index (κ2) is 5.82. The number of carbonyl (C=O) groups excluding carboxylic acids is 1. The van der Waals surface area contributed by atoms with Gasteiger partial charge in [-0.3, -0.25) is 14.9 Å². The number of hydrogen-bond acceptors (Lipinski definition) is 3. The Morgan fingerprint density at radius 1 is 1.56 bits per heavy atom. The number of nitrogens with zero attached hydrogens (tertiary/aromatic N) is 2. The van der Waals surface area contributed by atoms with Crippen LogP contribution in [0.4, 0.5) is 5.69 Å². The maximum absolute atomic E-state index is 12.2. The number of alkyl halides is 1. The summed E-state index contributed by atoms with van der Waals surface area (Å²) in [5.74, 6) is -0.382. The van der Waals surface area contributed by atoms with Crippen molar-refractivity contribution in [3.63, 3.8) is 0 Å². The van der Waals surface area contributed by atoms with Crippen molar-refractivity contribution in [3.05, 3.63) is 39.4 Å². The molecule has 0 radical (unpaired) electrons. The van der Waals surface area contributed by atoms with E-state index in [0.717, 1.165) is 0 Å². The second-order valence-electron chi connectivity index (χ2n) is 4.19. The summed E-state index contributed by atoms with van der Waals surface area (Å²) in [5.41, 5.74) is 0.541. The molecule has 18 heavy (non-hydrogen) atoms. The number of hydrogen-bond donors (Lipinski definition) is 0. The van der Waals surface area contributed by atoms with Crippen molar-refractivity contribution in [2.45, 2.75) is 19.2 Å². The third-order valence-electron chi connectivity index (χ3n) is 2.53. The third kappa shape index (κ3) is 3.20. The first kappa shape index (κ1) is 14.4. The molecule has 0 aromatic heterocycles. The Bertz CT molecular complexity index is 474. The van der Waals surface area contributed by atoms with E-state index < -0.39 is 4.92 Å². The third-order valence-corrected chi connectivity index (χ3v) is 2.67. The number of benzene rings is 1. The average molecular weight is 271 g/mol. The molecule has 1 rings (SSSR count). The predicted octanol–water partition coefficient (Wildman–Crippen LogP) is 2.60. The standard InChI is InChI=1S/C12H15ClN2O3/c1-8-5-4-6-10(15(17)18)11(8)12(16)14(3)7-9(2)13/h4-6,9H,7H2,1-3H3. The van der Waals surface area contributed by atoms with E-state index in [0.29, 0.717) is 12.1 Å². The summed E-state index contributed by atoms with van der Waals surface area (Å²) >= 11 is 5.82. The minimum absolute atomic E-state index is 0.127. The number of rotatable bonds is 4. The molecule has 0 heterocycles. The topological polar surface area (TPSA) is 63.5 Å². The lowest BCUT2D eigenvalue weighted by atomic mass is 10.1. The highest BCUT2D eigenvalue weighted by atomic mass is 35.5. The Morgan fingerprint density at radius 2 is 2.17 bits per heavy atom. The number of amides is 1. The second-order valence-corrected chi connectivity index (χ2v) is 4.94. The SMILES string of the molecule is Cc1cccc([N+](=O)[O-])c1C(=O)N(C)CC(C)Cl. The van der Waals surface area contributed by atoms with Gasteiger partial charge in [-0.25, -0.2) is 0 Å². The predicted molar refractivity (Wildman–Crippen MR) is 70.1 cm³/mol. The highest BCUT2D eigenvalue weighted by molar-refractivity contribution is 6.20. The van der Waals surface area contributed by atoms with E-state index in [9.17, 15) is 14.9 Å². The highest BCUT2D eigenvalue weighted by Crippen LogP contribution is 2.23. The number of carbonyl (C=O) groups is 1. The van der Waals surface area contributed by atoms with Gasteiger partial charge in [0, 0.05) is 25.0 Å². The van der Waals surface area contributed by atoms with E-state index in [1.54, 1.807) is 33.0 Å². The van der Waals surface area contributed by atoms with Crippen molar-refractivity contribution in [1.82, 2.24) is 4.90 Å². The molecule has 1 amide bonds. The number of nitro benzene ring substituents is 1. The lowest BCUT2D eigenvalue weighted by Crippen LogP contribution is -2.32. The molecule has 0 aliphatic carbocycles. The molecule has 98 valence electrons. The van der Waals surface area contributed by atoms with E-state index >= 15 is 0 Å². The van der Waals surface area contributed by atoms with Gasteiger partial charge in [-0.1, -0.05) is 12.1 Å². The van der Waals surface area contributed by atoms with E-state index in [1.807, 2.05) is 0 Å². The van der Waals surface area contributed by atoms with Crippen LogP contribution in [0.3, 0.4) is 0 Å². The first-order chi connectivity index (χ1) is 8.34. The van der Waals surface area contributed by atoms with Crippen LogP contribution in [0.2, 0.25) is 0 Å². The molecule has 0 aliphatic rings. The van der Waals surface area contributed by atoms with Crippen molar-refractivity contribution in [3.8, 4) is 0 Å². The van der Waals surface area contributed by atoms with Crippen molar-refractivity contribution in [2.24, 2.45) is 0 Å². The van der Waals surface area contributed by atoms with Crippen molar-refractivity contribution in [1.29, 1.82) is 0 Å². The summed E-state index contributed by atoms with van der Waals surface area (Å²) in [6.07, 6.45) is 0. The lowest BCUT2D eigenvalue weighted by Gasteiger charge is -2.19. The van der Waals surface area contributed by atoms with E-state index in [2.05, 4.69) is 0 Å². The van der Waals surface area contributed by atoms with Gasteiger partial charge in [-0.15, -0.1) is 11.6 Å². The van der Waals surface area contributed by atoms with Gasteiger partial charge in [-0.05, 0) is 19.4 Å². The van der Waals surface area contributed by atoms with Crippen molar-refractivity contribution in [2.75, 3.05) is 13.6 Å². The molecule has 0 aliphatic heterocycles. The van der Waals surface area contributed by atoms with Crippen LogP contribution in [-0.4, -0.2) is 34.7 Å². The molecular formula is C12H15ClN2O3. The molecule has 1 unspecified atom stereocenters. The van der Waals surface area contributed by atoms with E-state index in [1.165, 1.54) is 11.0 Å². The van der Waals surface area contributed by atoms with Gasteiger partial charge in [0.1, 0.15) is 5.56 Å². The van der Waals surface area contributed by atoms with Gasteiger partial charge in [0.2, 0.25) is 0 Å². The molecule has 1 atom stereocenters. The zero-order valence-corrected chi connectivity index (χ0v) is 11.3. The van der Waals surface area contributed by atoms with Gasteiger partial charge in [-0.2, -0.15) is 0 Å². The van der Waals surface area contributed by atoms with Gasteiger partial charge in [0.15, 0.2) is 0 Å². The van der Waals surface area contributed by atoms with Crippen molar-refractivity contribution < 1.29 is 9.72 Å². The fourth-order valence-electron chi connectivity index (χ4n) is 1.73. The van der Waals surface area contributed by atoms with E-state index in [4.69, 9.17) is 11.6 Å². The summed E-state index contributed by atoms with van der Waals surface area (Å²) in [7, 11) is 1.58. The Hall–Kier alpha value is -1.62. The zero-order valence-electron chi connectivity index (χ0n) is 10.5. The van der Waals surface area contributed by atoms with Gasteiger partial charge in [0.05, 0.1) is 4.92 Å². The van der Waals surface area contributed by atoms with Gasteiger partial charge < -0.3 is 4.90 Å². The van der Waals surface area contributed by atoms with Crippen molar-refractivity contribution >= 4 is 23.2 Å². The molecule has 0 saturated heterocycles. The quantitative estimate of drug-likeness (QED) is 0.480. The largest absolute Gasteiger partial charge is 0.340 e. The van der Waals surface area contributed by atoms with Crippen LogP contribution >= 0.6 is 11.6 Å². The lowest BCUT2D eigenvalue weighted by molar-refractivity contribution is -0.385. The molecule has 0 saturated carbocycles. The number of aryl methyl sites for hydroxylation is 1. The van der Waals surface area contributed by atoms with Crippen LogP contribution in [0.5, 0.6) is 0 Å². The summed E-state index contributed by atoms with van der Waals surface area (Å²) in [6.45, 7) is 3.78. The molecule has 1 aromatic rings. The summed E-state index contributed by atoms with van der Waals surface area (Å²) < 4.78 is 0. The first-order valence-electron chi connectivity index (χ1n) is 5.48. The molecule has 6 heteroatoms. The summed E-state index contributed by atoms with van der Waals surface area (Å²) in [4.78, 5) is 24.0. The van der Waals surface area contributed by atoms with E-state index in [-0.39, 0.29) is 22.5 Å². The molecule has 0 N–H and O–H groups in total. The highest BCUT2D eigenvalue weighted by Gasteiger charge is 2.25. The number of nitro groups is 1. The van der Waals surface area contributed by atoms with Crippen LogP contribution in [0.1, 0.15) is 22.8 Å². The average Bonchev–Trinajstić information content (AvgIpc) is 2.26. The van der Waals surface area contributed by atoms with Crippen LogP contribution in [0.25, 0.3) is 0 Å². The smallest absolute Gasteiger partial charge is 0.282 e. The molecule has 0 bridgehead atoms. The Morgan fingerprint density at radius 3 is 2.67 bits per heavy atom. The summed E-state index contributed by atoms with van der Waals surface area (Å²) in [5, 5.41) is 10.7. The number of halogens is 1. The monoisotopic (exact) mass is 270 g/mol. The minimum atomic E-state index is -0.543. The fraction of sp³-hybridized carbons (Fsp3) is 0.417. The maximum Gasteiger partial charge on any atom is 0.282 e. The maximum atomic E-state index is 12.2. The molecule has 0 fully saturated rings. The van der Waals surface area contributed by atoms with Crippen LogP contribution in [-0.2, 0) is 0 Å². The Kier molecular flexibility index (Phi) is 4.67. The van der Waals surface area contributed by atoms with Gasteiger partial charge in [0.25, 0.3) is 11.6 Å². The Labute approximate surface area is 110 Å². The van der Waals surface area contributed by atoms with Crippen LogP contribution in [0, 0.1) is 17.0 Å². The fourth-order valence-corrected chi connectivity index (χ4v) is 1.94. The zero-order chi connectivity index (χ0) is 13.9. The molecular weight excluding hydrogens is 256 g/mol. The molecule has 5 nitrogen and oxygen atoms in total. The van der Waals surface area contributed by atoms with Gasteiger partial charge >= 0.3 is 0 Å².